The molecule has 3 fully saturated rings. The molecule has 1 aromatic carbocycles. The van der Waals surface area contributed by atoms with Crippen molar-refractivity contribution in [3.8, 4) is 0 Å². The van der Waals surface area contributed by atoms with Gasteiger partial charge in [-0.2, -0.15) is 0 Å². The summed E-state index contributed by atoms with van der Waals surface area (Å²) in [7, 11) is -3.18. The molecule has 2 unspecified atom stereocenters. The summed E-state index contributed by atoms with van der Waals surface area (Å²) in [5.41, 5.74) is 6.91. The maximum atomic E-state index is 12.0. The van der Waals surface area contributed by atoms with Crippen LogP contribution in [0.4, 0.5) is 11.4 Å². The van der Waals surface area contributed by atoms with E-state index in [4.69, 9.17) is 5.73 Å². The number of anilines is 2. The van der Waals surface area contributed by atoms with E-state index in [1.165, 1.54) is 0 Å². The number of nitrogen functional groups attached to an aromatic ring is 1. The van der Waals surface area contributed by atoms with E-state index in [9.17, 15) is 13.2 Å². The zero-order valence-corrected chi connectivity index (χ0v) is 9.85. The number of carbonyl (C=O) groups excluding carboxylic acids is 1. The second kappa shape index (κ2) is 3.22. The lowest BCUT2D eigenvalue weighted by Gasteiger charge is -2.45. The van der Waals surface area contributed by atoms with E-state index < -0.39 is 15.1 Å². The Hall–Kier alpha value is -1.56. The SMILES string of the molecule is Nc1ccc(N2CC3CC(C2=O)S3(=O)=O)cc1. The van der Waals surface area contributed by atoms with E-state index in [0.717, 1.165) is 0 Å². The number of rotatable bonds is 1. The second-order valence-corrected chi connectivity index (χ2v) is 6.89. The Kier molecular flexibility index (Phi) is 2.01. The summed E-state index contributed by atoms with van der Waals surface area (Å²) in [4.78, 5) is 13.5. The van der Waals surface area contributed by atoms with Crippen molar-refractivity contribution in [2.45, 2.75) is 16.9 Å². The van der Waals surface area contributed by atoms with Crippen molar-refractivity contribution in [3.05, 3.63) is 24.3 Å². The third-order valence-electron chi connectivity index (χ3n) is 3.47. The molecular weight excluding hydrogens is 240 g/mol. The van der Waals surface area contributed by atoms with Crippen molar-refractivity contribution in [1.29, 1.82) is 0 Å². The van der Waals surface area contributed by atoms with E-state index in [1.807, 2.05) is 0 Å². The van der Waals surface area contributed by atoms with Gasteiger partial charge in [0.25, 0.3) is 0 Å². The summed E-state index contributed by atoms with van der Waals surface area (Å²) < 4.78 is 23.2. The van der Waals surface area contributed by atoms with Gasteiger partial charge in [-0.25, -0.2) is 8.42 Å². The standard InChI is InChI=1S/C11H12N2O3S/c12-7-1-3-8(4-2-7)13-6-9-5-10(11(13)14)17(9,15)16/h1-4,9-10H,5-6,12H2. The zero-order chi connectivity index (χ0) is 12.2. The van der Waals surface area contributed by atoms with Crippen LogP contribution >= 0.6 is 0 Å². The molecule has 17 heavy (non-hydrogen) atoms. The highest BCUT2D eigenvalue weighted by Gasteiger charge is 2.57. The van der Waals surface area contributed by atoms with Crippen LogP contribution in [0.15, 0.2) is 24.3 Å². The van der Waals surface area contributed by atoms with Gasteiger partial charge >= 0.3 is 0 Å². The van der Waals surface area contributed by atoms with Gasteiger partial charge in [0, 0.05) is 17.9 Å². The third kappa shape index (κ3) is 1.37. The topological polar surface area (TPSA) is 80.5 Å². The first kappa shape index (κ1) is 10.6. The molecule has 2 bridgehead atoms. The first-order valence-electron chi connectivity index (χ1n) is 5.40. The van der Waals surface area contributed by atoms with Gasteiger partial charge in [0.2, 0.25) is 5.91 Å². The monoisotopic (exact) mass is 252 g/mol. The molecule has 4 rings (SSSR count). The van der Waals surface area contributed by atoms with Crippen LogP contribution in [-0.2, 0) is 14.6 Å². The number of nitrogens with zero attached hydrogens (tertiary/aromatic N) is 1. The van der Waals surface area contributed by atoms with Crippen molar-refractivity contribution in [3.63, 3.8) is 0 Å². The number of fused-ring (bicyclic) bond motifs is 2. The van der Waals surface area contributed by atoms with Gasteiger partial charge in [0.15, 0.2) is 9.84 Å². The quantitative estimate of drug-likeness (QED) is 0.722. The van der Waals surface area contributed by atoms with Crippen molar-refractivity contribution < 1.29 is 13.2 Å². The fourth-order valence-electron chi connectivity index (χ4n) is 2.39. The molecule has 3 aliphatic heterocycles. The highest BCUT2D eigenvalue weighted by atomic mass is 32.2. The van der Waals surface area contributed by atoms with Crippen LogP contribution in [-0.4, -0.2) is 31.4 Å². The van der Waals surface area contributed by atoms with Crippen LogP contribution < -0.4 is 10.6 Å². The van der Waals surface area contributed by atoms with Crippen molar-refractivity contribution >= 4 is 27.1 Å². The average molecular weight is 252 g/mol. The minimum Gasteiger partial charge on any atom is -0.399 e. The number of hydrogen-bond acceptors (Lipinski definition) is 4. The predicted octanol–water partition coefficient (Wildman–Crippen LogP) is 0.171. The second-order valence-electron chi connectivity index (χ2n) is 4.48. The predicted molar refractivity (Wildman–Crippen MR) is 64.3 cm³/mol. The van der Waals surface area contributed by atoms with Crippen LogP contribution in [0.2, 0.25) is 0 Å². The van der Waals surface area contributed by atoms with Crippen molar-refractivity contribution in [2.75, 3.05) is 17.2 Å². The van der Waals surface area contributed by atoms with Crippen molar-refractivity contribution in [1.82, 2.24) is 0 Å². The molecule has 1 aromatic rings. The molecule has 1 amide bonds. The summed E-state index contributed by atoms with van der Waals surface area (Å²) in [6, 6.07) is 6.89. The van der Waals surface area contributed by atoms with Gasteiger partial charge < -0.3 is 10.6 Å². The summed E-state index contributed by atoms with van der Waals surface area (Å²) in [5, 5.41) is -1.21. The number of sulfone groups is 1. The molecule has 2 N–H and O–H groups in total. The van der Waals surface area contributed by atoms with Crippen LogP contribution in [0, 0.1) is 0 Å². The lowest BCUT2D eigenvalue weighted by atomic mass is 10.1. The lowest BCUT2D eigenvalue weighted by Crippen LogP contribution is -2.65. The molecule has 0 spiro atoms. The molecule has 90 valence electrons. The van der Waals surface area contributed by atoms with Crippen LogP contribution in [0.3, 0.4) is 0 Å². The smallest absolute Gasteiger partial charge is 0.245 e. The summed E-state index contributed by atoms with van der Waals surface area (Å²) in [5.74, 6) is -0.308. The molecule has 0 saturated carbocycles. The van der Waals surface area contributed by atoms with Crippen LogP contribution in [0.25, 0.3) is 0 Å². The fraction of sp³-hybridized carbons (Fsp3) is 0.364. The molecular formula is C11H12N2O3S. The minimum atomic E-state index is -3.18. The Balaban J connectivity index is 1.93. The Morgan fingerprint density at radius 1 is 1.24 bits per heavy atom. The highest BCUT2D eigenvalue weighted by molar-refractivity contribution is 7.95. The van der Waals surface area contributed by atoms with E-state index >= 15 is 0 Å². The highest BCUT2D eigenvalue weighted by Crippen LogP contribution is 2.38. The van der Waals surface area contributed by atoms with E-state index in [0.29, 0.717) is 17.8 Å². The Morgan fingerprint density at radius 3 is 2.41 bits per heavy atom. The van der Waals surface area contributed by atoms with Gasteiger partial charge in [-0.3, -0.25) is 4.79 Å². The van der Waals surface area contributed by atoms with Gasteiger partial charge in [0.1, 0.15) is 5.25 Å². The number of benzene rings is 1. The molecule has 0 aromatic heterocycles. The van der Waals surface area contributed by atoms with Gasteiger partial charge in [-0.1, -0.05) is 0 Å². The number of piperidine rings is 1. The Morgan fingerprint density at radius 2 is 1.88 bits per heavy atom. The molecule has 2 atom stereocenters. The molecule has 3 saturated heterocycles. The molecule has 3 heterocycles. The summed E-state index contributed by atoms with van der Waals surface area (Å²) >= 11 is 0. The maximum absolute atomic E-state index is 12.0. The Labute approximate surface area is 99.1 Å². The third-order valence-corrected chi connectivity index (χ3v) is 5.93. The molecule has 5 nitrogen and oxygen atoms in total. The number of amides is 1. The summed E-state index contributed by atoms with van der Waals surface area (Å²) in [6.07, 6.45) is 0.479. The van der Waals surface area contributed by atoms with Crippen LogP contribution in [0.1, 0.15) is 6.42 Å². The van der Waals surface area contributed by atoms with E-state index in [-0.39, 0.29) is 17.7 Å². The first-order valence-corrected chi connectivity index (χ1v) is 7.01. The van der Waals surface area contributed by atoms with E-state index in [1.54, 1.807) is 29.2 Å². The Bertz CT molecular complexity index is 579. The van der Waals surface area contributed by atoms with Gasteiger partial charge in [-0.05, 0) is 30.7 Å². The normalized spacial score (nSPS) is 29.9. The molecule has 0 aliphatic carbocycles. The minimum absolute atomic E-state index is 0.265. The van der Waals surface area contributed by atoms with E-state index in [2.05, 4.69) is 0 Å². The molecule has 3 aliphatic rings. The molecule has 0 radical (unpaired) electrons. The average Bonchev–Trinajstić information content (AvgIpc) is 2.30. The largest absolute Gasteiger partial charge is 0.399 e. The number of carbonyl (C=O) groups is 1. The van der Waals surface area contributed by atoms with Gasteiger partial charge in [-0.15, -0.1) is 0 Å². The molecule has 6 heteroatoms. The number of hydrogen-bond donors (Lipinski definition) is 1. The van der Waals surface area contributed by atoms with Crippen molar-refractivity contribution in [2.24, 2.45) is 0 Å². The zero-order valence-electron chi connectivity index (χ0n) is 9.04. The summed E-state index contributed by atoms with van der Waals surface area (Å²) in [6.45, 7) is 0.265. The lowest BCUT2D eigenvalue weighted by molar-refractivity contribution is -0.119. The van der Waals surface area contributed by atoms with Gasteiger partial charge in [0.05, 0.1) is 5.25 Å². The fourth-order valence-corrected chi connectivity index (χ4v) is 4.22. The maximum Gasteiger partial charge on any atom is 0.245 e. The van der Waals surface area contributed by atoms with Crippen LogP contribution in [0.5, 0.6) is 0 Å². The first-order chi connectivity index (χ1) is 8.00. The number of nitrogens with two attached hydrogens (primary N) is 1.